The summed E-state index contributed by atoms with van der Waals surface area (Å²) in [6, 6.07) is 0. The number of piperidine rings is 1. The van der Waals surface area contributed by atoms with Crippen molar-refractivity contribution in [2.45, 2.75) is 18.4 Å². The molecule has 0 aromatic rings. The van der Waals surface area contributed by atoms with Crippen LogP contribution >= 0.6 is 11.6 Å². The number of halogens is 1. The molecule has 0 radical (unpaired) electrons. The molecule has 3 aliphatic rings. The summed E-state index contributed by atoms with van der Waals surface area (Å²) in [5, 5.41) is 3.58. The van der Waals surface area contributed by atoms with Crippen molar-refractivity contribution in [3.63, 3.8) is 0 Å². The molecule has 3 rings (SSSR count). The van der Waals surface area contributed by atoms with Gasteiger partial charge in [-0.15, -0.1) is 0 Å². The summed E-state index contributed by atoms with van der Waals surface area (Å²) in [5.74, 6) is -0.405. The van der Waals surface area contributed by atoms with E-state index in [2.05, 4.69) is 10.2 Å². The lowest BCUT2D eigenvalue weighted by Gasteiger charge is -2.46. The van der Waals surface area contributed by atoms with Crippen LogP contribution in [0.3, 0.4) is 0 Å². The Bertz CT molecular complexity index is 385. The lowest BCUT2D eigenvalue weighted by atomic mass is 9.90. The van der Waals surface area contributed by atoms with Gasteiger partial charge in [-0.1, -0.05) is 11.6 Å². The second-order valence-electron chi connectivity index (χ2n) is 5.04. The third-order valence-electron chi connectivity index (χ3n) is 3.92. The number of morpholine rings is 1. The Morgan fingerprint density at radius 3 is 2.78 bits per heavy atom. The molecule has 3 aliphatic heterocycles. The van der Waals surface area contributed by atoms with Gasteiger partial charge in [-0.25, -0.2) is 4.79 Å². The lowest BCUT2D eigenvalue weighted by molar-refractivity contribution is -0.135. The van der Waals surface area contributed by atoms with E-state index in [0.29, 0.717) is 13.2 Å². The van der Waals surface area contributed by atoms with Crippen molar-refractivity contribution in [1.82, 2.24) is 10.2 Å². The molecule has 0 aromatic heterocycles. The number of nitrogens with zero attached hydrogens (tertiary/aromatic N) is 1. The molecule has 0 atom stereocenters. The van der Waals surface area contributed by atoms with Crippen LogP contribution < -0.4 is 5.32 Å². The zero-order valence-electron chi connectivity index (χ0n) is 10.2. The molecule has 2 fully saturated rings. The number of rotatable bonds is 1. The van der Waals surface area contributed by atoms with Crippen molar-refractivity contribution in [3.05, 3.63) is 10.7 Å². The standard InChI is InChI=1S/C12H17ClN2O3/c13-10-9(7-17-11(10)16)15-5-6-18-12(8-15)1-3-14-4-2-12/h14H,1-8H2. The molecule has 0 saturated carbocycles. The molecular formula is C12H17ClN2O3. The number of esters is 1. The molecule has 0 amide bonds. The lowest BCUT2D eigenvalue weighted by Crippen LogP contribution is -2.56. The van der Waals surface area contributed by atoms with Gasteiger partial charge in [-0.2, -0.15) is 0 Å². The molecule has 6 heteroatoms. The summed E-state index contributed by atoms with van der Waals surface area (Å²) in [7, 11) is 0. The average molecular weight is 273 g/mol. The minimum atomic E-state index is -0.405. The summed E-state index contributed by atoms with van der Waals surface area (Å²) in [4.78, 5) is 13.5. The van der Waals surface area contributed by atoms with Crippen LogP contribution in [-0.2, 0) is 14.3 Å². The Morgan fingerprint density at radius 1 is 1.33 bits per heavy atom. The number of carbonyl (C=O) groups excluding carboxylic acids is 1. The van der Waals surface area contributed by atoms with E-state index in [4.69, 9.17) is 21.1 Å². The predicted octanol–water partition coefficient (Wildman–Crippen LogP) is 0.448. The minimum absolute atomic E-state index is 0.0840. The fraction of sp³-hybridized carbons (Fsp3) is 0.750. The van der Waals surface area contributed by atoms with Gasteiger partial charge in [0.1, 0.15) is 11.6 Å². The first-order chi connectivity index (χ1) is 8.70. The highest BCUT2D eigenvalue weighted by Crippen LogP contribution is 2.32. The van der Waals surface area contributed by atoms with E-state index in [-0.39, 0.29) is 10.6 Å². The van der Waals surface area contributed by atoms with Gasteiger partial charge in [0, 0.05) is 13.1 Å². The SMILES string of the molecule is O=C1OCC(N2CCOC3(CCNCC3)C2)=C1Cl. The highest BCUT2D eigenvalue weighted by molar-refractivity contribution is 6.42. The number of cyclic esters (lactones) is 1. The summed E-state index contributed by atoms with van der Waals surface area (Å²) >= 11 is 6.00. The minimum Gasteiger partial charge on any atom is -0.455 e. The molecule has 0 unspecified atom stereocenters. The molecular weight excluding hydrogens is 256 g/mol. The van der Waals surface area contributed by atoms with Crippen molar-refractivity contribution in [2.75, 3.05) is 39.4 Å². The van der Waals surface area contributed by atoms with Crippen LogP contribution in [0.5, 0.6) is 0 Å². The Morgan fingerprint density at radius 2 is 2.11 bits per heavy atom. The van der Waals surface area contributed by atoms with Crippen LogP contribution in [0.25, 0.3) is 0 Å². The van der Waals surface area contributed by atoms with E-state index in [0.717, 1.165) is 44.7 Å². The molecule has 5 nitrogen and oxygen atoms in total. The Labute approximate surface area is 111 Å². The van der Waals surface area contributed by atoms with Crippen LogP contribution in [0.4, 0.5) is 0 Å². The quantitative estimate of drug-likeness (QED) is 0.703. The first-order valence-corrected chi connectivity index (χ1v) is 6.73. The number of hydrogen-bond donors (Lipinski definition) is 1. The van der Waals surface area contributed by atoms with Gasteiger partial charge in [-0.05, 0) is 25.9 Å². The average Bonchev–Trinajstić information content (AvgIpc) is 2.71. The van der Waals surface area contributed by atoms with Crippen molar-refractivity contribution in [2.24, 2.45) is 0 Å². The van der Waals surface area contributed by atoms with Gasteiger partial charge >= 0.3 is 5.97 Å². The van der Waals surface area contributed by atoms with E-state index < -0.39 is 5.97 Å². The Balaban J connectivity index is 1.76. The summed E-state index contributed by atoms with van der Waals surface area (Å²) in [6.07, 6.45) is 2.01. The molecule has 2 saturated heterocycles. The normalized spacial score (nSPS) is 27.8. The molecule has 1 N–H and O–H groups in total. The van der Waals surface area contributed by atoms with Crippen LogP contribution in [0.1, 0.15) is 12.8 Å². The maximum Gasteiger partial charge on any atom is 0.352 e. The molecule has 0 bridgehead atoms. The Hall–Kier alpha value is -0.780. The van der Waals surface area contributed by atoms with Gasteiger partial charge in [0.25, 0.3) is 0 Å². The summed E-state index contributed by atoms with van der Waals surface area (Å²) in [5.41, 5.74) is 0.738. The van der Waals surface area contributed by atoms with E-state index in [9.17, 15) is 4.79 Å². The molecule has 100 valence electrons. The summed E-state index contributed by atoms with van der Waals surface area (Å²) < 4.78 is 11.0. The van der Waals surface area contributed by atoms with E-state index in [1.54, 1.807) is 0 Å². The zero-order valence-corrected chi connectivity index (χ0v) is 11.0. The third kappa shape index (κ3) is 2.11. The van der Waals surface area contributed by atoms with Crippen LogP contribution in [0.2, 0.25) is 0 Å². The van der Waals surface area contributed by atoms with Gasteiger partial charge in [0.15, 0.2) is 0 Å². The predicted molar refractivity (Wildman–Crippen MR) is 66.2 cm³/mol. The third-order valence-corrected chi connectivity index (χ3v) is 4.29. The van der Waals surface area contributed by atoms with Gasteiger partial charge in [0.2, 0.25) is 0 Å². The van der Waals surface area contributed by atoms with Crippen molar-refractivity contribution in [3.8, 4) is 0 Å². The summed E-state index contributed by atoms with van der Waals surface area (Å²) in [6.45, 7) is 4.52. The molecule has 0 aliphatic carbocycles. The molecule has 3 heterocycles. The van der Waals surface area contributed by atoms with Crippen LogP contribution in [-0.4, -0.2) is 55.9 Å². The maximum absolute atomic E-state index is 11.3. The van der Waals surface area contributed by atoms with Crippen LogP contribution in [0, 0.1) is 0 Å². The largest absolute Gasteiger partial charge is 0.455 e. The monoisotopic (exact) mass is 272 g/mol. The number of ether oxygens (including phenoxy) is 2. The maximum atomic E-state index is 11.3. The van der Waals surface area contributed by atoms with E-state index in [1.165, 1.54) is 0 Å². The zero-order chi connectivity index (χ0) is 12.6. The second-order valence-corrected chi connectivity index (χ2v) is 5.42. The highest BCUT2D eigenvalue weighted by atomic mass is 35.5. The van der Waals surface area contributed by atoms with Crippen molar-refractivity contribution >= 4 is 17.6 Å². The van der Waals surface area contributed by atoms with Crippen molar-refractivity contribution in [1.29, 1.82) is 0 Å². The number of hydrogen-bond acceptors (Lipinski definition) is 5. The second kappa shape index (κ2) is 4.72. The van der Waals surface area contributed by atoms with Gasteiger partial charge in [0.05, 0.1) is 17.9 Å². The fourth-order valence-corrected chi connectivity index (χ4v) is 3.10. The van der Waals surface area contributed by atoms with Crippen LogP contribution in [0.15, 0.2) is 10.7 Å². The highest BCUT2D eigenvalue weighted by Gasteiger charge is 2.40. The Kier molecular flexibility index (Phi) is 3.21. The van der Waals surface area contributed by atoms with Gasteiger partial charge in [-0.3, -0.25) is 0 Å². The fourth-order valence-electron chi connectivity index (χ4n) is 2.87. The smallest absolute Gasteiger partial charge is 0.352 e. The first-order valence-electron chi connectivity index (χ1n) is 6.36. The van der Waals surface area contributed by atoms with E-state index in [1.807, 2.05) is 0 Å². The van der Waals surface area contributed by atoms with Gasteiger partial charge < -0.3 is 19.7 Å². The van der Waals surface area contributed by atoms with Crippen molar-refractivity contribution < 1.29 is 14.3 Å². The molecule has 18 heavy (non-hydrogen) atoms. The molecule has 0 aromatic carbocycles. The van der Waals surface area contributed by atoms with E-state index >= 15 is 0 Å². The molecule has 1 spiro atoms. The number of carbonyl (C=O) groups is 1. The first kappa shape index (κ1) is 12.3. The topological polar surface area (TPSA) is 50.8 Å². The number of nitrogens with one attached hydrogen (secondary N) is 1.